The Bertz CT molecular complexity index is 719. The molecule has 3 aliphatic rings. The van der Waals surface area contributed by atoms with Crippen LogP contribution in [0.4, 0.5) is 0 Å². The lowest BCUT2D eigenvalue weighted by molar-refractivity contribution is 0.0791. The van der Waals surface area contributed by atoms with Crippen LogP contribution >= 0.6 is 0 Å². The summed E-state index contributed by atoms with van der Waals surface area (Å²) in [6.45, 7) is 0. The van der Waals surface area contributed by atoms with Crippen LogP contribution < -0.4 is 0 Å². The third-order valence-electron chi connectivity index (χ3n) is 4.54. The third-order valence-corrected chi connectivity index (χ3v) is 4.54. The van der Waals surface area contributed by atoms with Crippen molar-refractivity contribution in [3.8, 4) is 0 Å². The molecule has 0 saturated carbocycles. The van der Waals surface area contributed by atoms with E-state index in [1.54, 1.807) is 12.1 Å². The maximum absolute atomic E-state index is 12.8. The van der Waals surface area contributed by atoms with Crippen LogP contribution in [0.15, 0.2) is 59.7 Å². The molecule has 2 atom stereocenters. The van der Waals surface area contributed by atoms with Crippen molar-refractivity contribution in [3.05, 3.63) is 70.8 Å². The van der Waals surface area contributed by atoms with Crippen molar-refractivity contribution in [2.75, 3.05) is 0 Å². The van der Waals surface area contributed by atoms with Gasteiger partial charge in [0.25, 0.3) is 0 Å². The number of Topliss-reactive ketones (excluding diaryl/α,β-unsaturated/α-hetero) is 2. The van der Waals surface area contributed by atoms with E-state index in [0.717, 1.165) is 18.4 Å². The van der Waals surface area contributed by atoms with E-state index in [0.29, 0.717) is 11.1 Å². The molecule has 2 heteroatoms. The predicted molar refractivity (Wildman–Crippen MR) is 76.6 cm³/mol. The quantitative estimate of drug-likeness (QED) is 0.670. The normalized spacial score (nSPS) is 27.2. The molecule has 0 aliphatic heterocycles. The SMILES string of the molecule is O=C1c2ccccc2C(=O)C2C3=C(C=CC12)CC=CC3. The average Bonchev–Trinajstić information content (AvgIpc) is 2.51. The molecule has 4 rings (SSSR count). The van der Waals surface area contributed by atoms with E-state index in [1.165, 1.54) is 5.57 Å². The van der Waals surface area contributed by atoms with Gasteiger partial charge in [-0.05, 0) is 18.4 Å². The summed E-state index contributed by atoms with van der Waals surface area (Å²) >= 11 is 0. The van der Waals surface area contributed by atoms with Gasteiger partial charge in [-0.15, -0.1) is 0 Å². The van der Waals surface area contributed by atoms with E-state index in [4.69, 9.17) is 0 Å². The van der Waals surface area contributed by atoms with Crippen molar-refractivity contribution in [1.82, 2.24) is 0 Å². The third kappa shape index (κ3) is 1.45. The highest BCUT2D eigenvalue weighted by Crippen LogP contribution is 2.42. The monoisotopic (exact) mass is 262 g/mol. The molecule has 0 saturated heterocycles. The Hall–Kier alpha value is -2.22. The smallest absolute Gasteiger partial charge is 0.171 e. The lowest BCUT2D eigenvalue weighted by Crippen LogP contribution is -2.38. The van der Waals surface area contributed by atoms with Crippen molar-refractivity contribution in [2.45, 2.75) is 12.8 Å². The van der Waals surface area contributed by atoms with Crippen LogP contribution in [0.2, 0.25) is 0 Å². The Morgan fingerprint density at radius 2 is 1.60 bits per heavy atom. The molecule has 0 amide bonds. The van der Waals surface area contributed by atoms with Gasteiger partial charge in [0.2, 0.25) is 0 Å². The molecule has 0 aromatic heterocycles. The lowest BCUT2D eigenvalue weighted by Gasteiger charge is -2.35. The molecule has 2 unspecified atom stereocenters. The Morgan fingerprint density at radius 1 is 0.900 bits per heavy atom. The minimum atomic E-state index is -0.303. The summed E-state index contributed by atoms with van der Waals surface area (Å²) in [5.41, 5.74) is 3.54. The van der Waals surface area contributed by atoms with E-state index in [2.05, 4.69) is 12.2 Å². The first kappa shape index (κ1) is 11.6. The number of ketones is 2. The Balaban J connectivity index is 1.89. The first-order chi connectivity index (χ1) is 9.77. The Kier molecular flexibility index (Phi) is 2.40. The van der Waals surface area contributed by atoms with Crippen LogP contribution in [-0.4, -0.2) is 11.6 Å². The van der Waals surface area contributed by atoms with Gasteiger partial charge in [0.15, 0.2) is 11.6 Å². The average molecular weight is 262 g/mol. The summed E-state index contributed by atoms with van der Waals surface area (Å²) in [5, 5.41) is 0. The minimum absolute atomic E-state index is 0.0857. The zero-order valence-corrected chi connectivity index (χ0v) is 11.0. The van der Waals surface area contributed by atoms with Crippen LogP contribution in [0.3, 0.4) is 0 Å². The highest BCUT2D eigenvalue weighted by molar-refractivity contribution is 6.17. The highest BCUT2D eigenvalue weighted by Gasteiger charge is 2.43. The molecule has 0 spiro atoms. The molecular formula is C18H14O2. The number of carbonyl (C=O) groups is 2. The fourth-order valence-corrected chi connectivity index (χ4v) is 3.55. The second-order valence-corrected chi connectivity index (χ2v) is 5.57. The number of fused-ring (bicyclic) bond motifs is 3. The molecule has 20 heavy (non-hydrogen) atoms. The summed E-state index contributed by atoms with van der Waals surface area (Å²) in [6.07, 6.45) is 9.87. The molecule has 2 nitrogen and oxygen atoms in total. The number of benzene rings is 1. The first-order valence-corrected chi connectivity index (χ1v) is 7.00. The van der Waals surface area contributed by atoms with E-state index < -0.39 is 0 Å². The van der Waals surface area contributed by atoms with Crippen molar-refractivity contribution < 1.29 is 9.59 Å². The maximum atomic E-state index is 12.8. The minimum Gasteiger partial charge on any atom is -0.293 e. The van der Waals surface area contributed by atoms with Gasteiger partial charge in [-0.3, -0.25) is 9.59 Å². The van der Waals surface area contributed by atoms with Gasteiger partial charge in [-0.2, -0.15) is 0 Å². The number of hydrogen-bond acceptors (Lipinski definition) is 2. The second-order valence-electron chi connectivity index (χ2n) is 5.57. The molecule has 1 aromatic carbocycles. The molecule has 3 aliphatic carbocycles. The highest BCUT2D eigenvalue weighted by atomic mass is 16.1. The summed E-state index contributed by atoms with van der Waals surface area (Å²) in [6, 6.07) is 7.21. The van der Waals surface area contributed by atoms with Gasteiger partial charge >= 0.3 is 0 Å². The van der Waals surface area contributed by atoms with Crippen LogP contribution in [0.5, 0.6) is 0 Å². The fraction of sp³-hybridized carbons (Fsp3) is 0.222. The van der Waals surface area contributed by atoms with Gasteiger partial charge in [-0.25, -0.2) is 0 Å². The van der Waals surface area contributed by atoms with Gasteiger partial charge in [0.05, 0.1) is 11.8 Å². The fourth-order valence-electron chi connectivity index (χ4n) is 3.55. The largest absolute Gasteiger partial charge is 0.293 e. The second kappa shape index (κ2) is 4.14. The van der Waals surface area contributed by atoms with E-state index >= 15 is 0 Å². The van der Waals surface area contributed by atoms with Crippen molar-refractivity contribution in [2.24, 2.45) is 11.8 Å². The van der Waals surface area contributed by atoms with Gasteiger partial charge < -0.3 is 0 Å². The number of carbonyl (C=O) groups excluding carboxylic acids is 2. The molecule has 0 bridgehead atoms. The molecular weight excluding hydrogens is 248 g/mol. The zero-order chi connectivity index (χ0) is 13.7. The first-order valence-electron chi connectivity index (χ1n) is 7.00. The molecule has 0 fully saturated rings. The van der Waals surface area contributed by atoms with Gasteiger partial charge in [0.1, 0.15) is 0 Å². The molecule has 0 N–H and O–H groups in total. The van der Waals surface area contributed by atoms with Crippen molar-refractivity contribution in [1.29, 1.82) is 0 Å². The molecule has 0 radical (unpaired) electrons. The van der Waals surface area contributed by atoms with Crippen molar-refractivity contribution in [3.63, 3.8) is 0 Å². The molecule has 0 heterocycles. The predicted octanol–water partition coefficient (Wildman–Crippen LogP) is 3.51. The van der Waals surface area contributed by atoms with Gasteiger partial charge in [-0.1, -0.05) is 54.1 Å². The van der Waals surface area contributed by atoms with E-state index in [-0.39, 0.29) is 23.4 Å². The zero-order valence-electron chi connectivity index (χ0n) is 11.0. The van der Waals surface area contributed by atoms with Crippen LogP contribution in [0, 0.1) is 11.8 Å². The van der Waals surface area contributed by atoms with Crippen molar-refractivity contribution >= 4 is 11.6 Å². The summed E-state index contributed by atoms with van der Waals surface area (Å²) in [7, 11) is 0. The number of rotatable bonds is 0. The van der Waals surface area contributed by atoms with Gasteiger partial charge in [0, 0.05) is 11.1 Å². The lowest BCUT2D eigenvalue weighted by atomic mass is 9.66. The summed E-state index contributed by atoms with van der Waals surface area (Å²) in [4.78, 5) is 25.4. The Labute approximate surface area is 117 Å². The van der Waals surface area contributed by atoms with Crippen LogP contribution in [-0.2, 0) is 0 Å². The number of hydrogen-bond donors (Lipinski definition) is 0. The summed E-state index contributed by atoms with van der Waals surface area (Å²) < 4.78 is 0. The molecule has 1 aromatic rings. The van der Waals surface area contributed by atoms with E-state index in [1.807, 2.05) is 24.3 Å². The summed E-state index contributed by atoms with van der Waals surface area (Å²) in [5.74, 6) is -0.384. The van der Waals surface area contributed by atoms with Crippen LogP contribution in [0.25, 0.3) is 0 Å². The number of allylic oxidation sites excluding steroid dienone is 6. The molecule has 98 valence electrons. The topological polar surface area (TPSA) is 34.1 Å². The maximum Gasteiger partial charge on any atom is 0.171 e. The standard InChI is InChI=1S/C18H14O2/c19-17-13-7-3-4-8-14(13)18(20)16-12-6-2-1-5-11(12)9-10-15(16)17/h1-4,7-10,15-16H,5-6H2. The van der Waals surface area contributed by atoms with Crippen LogP contribution in [0.1, 0.15) is 33.6 Å². The Morgan fingerprint density at radius 3 is 2.40 bits per heavy atom. The van der Waals surface area contributed by atoms with E-state index in [9.17, 15) is 9.59 Å².